The second-order valence-corrected chi connectivity index (χ2v) is 3.77. The molecule has 0 aliphatic heterocycles. The molecule has 0 aromatic heterocycles. The van der Waals surface area contributed by atoms with Gasteiger partial charge in [0.25, 0.3) is 0 Å². The molecule has 9 heavy (non-hydrogen) atoms. The van der Waals surface area contributed by atoms with Crippen LogP contribution in [-0.4, -0.2) is 16.0 Å². The maximum absolute atomic E-state index is 4.24. The van der Waals surface area contributed by atoms with Gasteiger partial charge in [0.05, 0.1) is 0 Å². The third-order valence-corrected chi connectivity index (χ3v) is 2.48. The molecule has 0 saturated heterocycles. The van der Waals surface area contributed by atoms with Crippen LogP contribution in [0.25, 0.3) is 0 Å². The van der Waals surface area contributed by atoms with Crippen LogP contribution in [0.5, 0.6) is 0 Å². The summed E-state index contributed by atoms with van der Waals surface area (Å²) in [5.74, 6) is 1.18. The number of hydrogen-bond acceptors (Lipinski definition) is 3. The molecule has 0 heterocycles. The molecule has 0 atom stereocenters. The third kappa shape index (κ3) is 6.55. The minimum atomic E-state index is 1.08. The van der Waals surface area contributed by atoms with Gasteiger partial charge in [-0.25, -0.2) is 0 Å². The zero-order valence-electron chi connectivity index (χ0n) is 6.13. The summed E-state index contributed by atoms with van der Waals surface area (Å²) in [6, 6.07) is 0. The lowest BCUT2D eigenvalue weighted by Crippen LogP contribution is -2.03. The van der Waals surface area contributed by atoms with Crippen molar-refractivity contribution in [3.8, 4) is 0 Å². The second kappa shape index (κ2) is 6.78. The first-order chi connectivity index (χ1) is 4.31. The molecule has 3 heteroatoms. The van der Waals surface area contributed by atoms with Crippen molar-refractivity contribution in [3.63, 3.8) is 0 Å². The van der Waals surface area contributed by atoms with E-state index in [2.05, 4.69) is 26.7 Å². The molecule has 0 radical (unpaired) electrons. The van der Waals surface area contributed by atoms with E-state index in [9.17, 15) is 0 Å². The van der Waals surface area contributed by atoms with Gasteiger partial charge < -0.3 is 0 Å². The maximum atomic E-state index is 4.24. The van der Waals surface area contributed by atoms with Crippen LogP contribution in [0.2, 0.25) is 0 Å². The van der Waals surface area contributed by atoms with Crippen LogP contribution in [0.1, 0.15) is 26.7 Å². The van der Waals surface area contributed by atoms with E-state index in [0.717, 1.165) is 6.54 Å². The van der Waals surface area contributed by atoms with Gasteiger partial charge in [-0.2, -0.15) is 3.71 Å². The smallest absolute Gasteiger partial charge is 0.0197 e. The summed E-state index contributed by atoms with van der Waals surface area (Å²) in [6.45, 7) is 5.42. The molecule has 0 aliphatic carbocycles. The van der Waals surface area contributed by atoms with Crippen molar-refractivity contribution in [1.82, 2.24) is 3.71 Å². The molecule has 0 amide bonds. The molecule has 0 rings (SSSR count). The van der Waals surface area contributed by atoms with Gasteiger partial charge in [0.15, 0.2) is 0 Å². The predicted octanol–water partition coefficient (Wildman–Crippen LogP) is 2.60. The summed E-state index contributed by atoms with van der Waals surface area (Å²) < 4.78 is 2.00. The highest BCUT2D eigenvalue weighted by atomic mass is 32.2. The fraction of sp³-hybridized carbons (Fsp3) is 1.00. The van der Waals surface area contributed by atoms with Gasteiger partial charge in [-0.05, 0) is 12.8 Å². The Morgan fingerprint density at radius 2 is 2.00 bits per heavy atom. The van der Waals surface area contributed by atoms with Gasteiger partial charge in [-0.1, -0.05) is 38.6 Å². The van der Waals surface area contributed by atoms with Crippen molar-refractivity contribution >= 4 is 24.8 Å². The first kappa shape index (κ1) is 9.66. The Morgan fingerprint density at radius 1 is 1.33 bits per heavy atom. The number of nitrogens with zero attached hydrogens (tertiary/aromatic N) is 1. The Kier molecular flexibility index (Phi) is 7.27. The maximum Gasteiger partial charge on any atom is 0.0197 e. The quantitative estimate of drug-likeness (QED) is 0.493. The van der Waals surface area contributed by atoms with Gasteiger partial charge in [0.1, 0.15) is 0 Å². The minimum absolute atomic E-state index is 1.08. The first-order valence-corrected chi connectivity index (χ1v) is 4.74. The minimum Gasteiger partial charge on any atom is -0.197 e. The summed E-state index contributed by atoms with van der Waals surface area (Å²) in [4.78, 5) is 0. The third-order valence-electron chi connectivity index (χ3n) is 0.859. The second-order valence-electron chi connectivity index (χ2n) is 1.91. The summed E-state index contributed by atoms with van der Waals surface area (Å²) in [7, 11) is 0. The van der Waals surface area contributed by atoms with E-state index in [-0.39, 0.29) is 0 Å². The Labute approximate surface area is 67.9 Å². The summed E-state index contributed by atoms with van der Waals surface area (Å²) in [5.41, 5.74) is 0. The van der Waals surface area contributed by atoms with Crippen molar-refractivity contribution in [2.75, 3.05) is 12.3 Å². The van der Waals surface area contributed by atoms with Crippen LogP contribution < -0.4 is 0 Å². The summed E-state index contributed by atoms with van der Waals surface area (Å²) in [5, 5.41) is 0. The van der Waals surface area contributed by atoms with E-state index in [4.69, 9.17) is 0 Å². The lowest BCUT2D eigenvalue weighted by molar-refractivity contribution is 0.714. The fourth-order valence-electron chi connectivity index (χ4n) is 0.452. The lowest BCUT2D eigenvalue weighted by Gasteiger charge is -2.10. The molecule has 0 aliphatic rings. The average molecular weight is 165 g/mol. The number of thiol groups is 1. The van der Waals surface area contributed by atoms with Crippen molar-refractivity contribution in [3.05, 3.63) is 0 Å². The average Bonchev–Trinajstić information content (AvgIpc) is 1.85. The fourth-order valence-corrected chi connectivity index (χ4v) is 1.60. The zero-order valence-corrected chi connectivity index (χ0v) is 7.84. The topological polar surface area (TPSA) is 3.24 Å². The van der Waals surface area contributed by atoms with Crippen LogP contribution in [0.4, 0.5) is 0 Å². The molecule has 0 fully saturated rings. The molecule has 0 N–H and O–H groups in total. The molecule has 0 aromatic carbocycles. The van der Waals surface area contributed by atoms with Crippen LogP contribution in [-0.2, 0) is 0 Å². The SMILES string of the molecule is CCCSN(S)CCC. The van der Waals surface area contributed by atoms with Gasteiger partial charge >= 0.3 is 0 Å². The summed E-state index contributed by atoms with van der Waals surface area (Å²) >= 11 is 6.04. The van der Waals surface area contributed by atoms with Gasteiger partial charge in [-0.3, -0.25) is 0 Å². The molecule has 1 nitrogen and oxygen atoms in total. The number of rotatable bonds is 5. The van der Waals surface area contributed by atoms with Crippen molar-refractivity contribution in [2.45, 2.75) is 26.7 Å². The Balaban J connectivity index is 2.95. The van der Waals surface area contributed by atoms with Crippen LogP contribution in [0.15, 0.2) is 0 Å². The molecule has 56 valence electrons. The van der Waals surface area contributed by atoms with E-state index in [1.807, 2.05) is 3.71 Å². The monoisotopic (exact) mass is 165 g/mol. The molecule has 0 aromatic rings. The largest absolute Gasteiger partial charge is 0.197 e. The van der Waals surface area contributed by atoms with E-state index in [1.165, 1.54) is 18.6 Å². The molecule has 0 unspecified atom stereocenters. The van der Waals surface area contributed by atoms with Crippen molar-refractivity contribution in [2.24, 2.45) is 0 Å². The van der Waals surface area contributed by atoms with E-state index >= 15 is 0 Å². The Hall–Kier alpha value is 0.660. The highest BCUT2D eigenvalue weighted by Gasteiger charge is 1.94. The first-order valence-electron chi connectivity index (χ1n) is 3.40. The van der Waals surface area contributed by atoms with Crippen molar-refractivity contribution in [1.29, 1.82) is 0 Å². The van der Waals surface area contributed by atoms with E-state index in [0.29, 0.717) is 0 Å². The molecular weight excluding hydrogens is 150 g/mol. The van der Waals surface area contributed by atoms with Crippen LogP contribution in [0.3, 0.4) is 0 Å². The van der Waals surface area contributed by atoms with Crippen LogP contribution >= 0.6 is 24.8 Å². The van der Waals surface area contributed by atoms with E-state index in [1.54, 1.807) is 11.9 Å². The normalized spacial score (nSPS) is 10.7. The molecule has 0 saturated carbocycles. The number of hydrogen-bond donors (Lipinski definition) is 1. The van der Waals surface area contributed by atoms with Crippen molar-refractivity contribution < 1.29 is 0 Å². The Bertz CT molecular complexity index is 59.0. The lowest BCUT2D eigenvalue weighted by atomic mass is 10.5. The Morgan fingerprint density at radius 3 is 2.44 bits per heavy atom. The molecule has 0 bridgehead atoms. The highest BCUT2D eigenvalue weighted by molar-refractivity contribution is 8.05. The summed E-state index contributed by atoms with van der Waals surface area (Å²) in [6.07, 6.45) is 2.41. The standard InChI is InChI=1S/C6H15NS2/c1-3-5-7(8)9-6-4-2/h8H,3-6H2,1-2H3. The van der Waals surface area contributed by atoms with Gasteiger partial charge in [-0.15, -0.1) is 0 Å². The zero-order chi connectivity index (χ0) is 7.11. The van der Waals surface area contributed by atoms with E-state index < -0.39 is 0 Å². The van der Waals surface area contributed by atoms with Gasteiger partial charge in [0.2, 0.25) is 0 Å². The predicted molar refractivity (Wildman–Crippen MR) is 48.7 cm³/mol. The van der Waals surface area contributed by atoms with Gasteiger partial charge in [0, 0.05) is 12.3 Å². The molecule has 0 spiro atoms. The molecular formula is C6H15NS2. The highest BCUT2D eigenvalue weighted by Crippen LogP contribution is 2.13. The van der Waals surface area contributed by atoms with Crippen LogP contribution in [0, 0.1) is 0 Å².